The number of carbonyl (C=O) groups excluding carboxylic acids is 1. The second-order valence-electron chi connectivity index (χ2n) is 4.44. The fourth-order valence-corrected chi connectivity index (χ4v) is 2.05. The molecular formula is C16H17NO. The van der Waals surface area contributed by atoms with Gasteiger partial charge in [-0.15, -0.1) is 0 Å². The molecule has 1 heterocycles. The zero-order chi connectivity index (χ0) is 13.1. The lowest BCUT2D eigenvalue weighted by atomic mass is 9.96. The normalized spacial score (nSPS) is 10.4. The average molecular weight is 239 g/mol. The summed E-state index contributed by atoms with van der Waals surface area (Å²) in [4.78, 5) is 16.8. The summed E-state index contributed by atoms with van der Waals surface area (Å²) >= 11 is 0. The van der Waals surface area contributed by atoms with E-state index in [1.54, 1.807) is 6.20 Å². The lowest BCUT2D eigenvalue weighted by molar-refractivity contribution is 0.103. The van der Waals surface area contributed by atoms with Gasteiger partial charge in [0.2, 0.25) is 5.78 Å². The highest BCUT2D eigenvalue weighted by Gasteiger charge is 2.16. The molecule has 2 rings (SSSR count). The Labute approximate surface area is 108 Å². The van der Waals surface area contributed by atoms with Crippen LogP contribution in [0.1, 0.15) is 39.7 Å². The topological polar surface area (TPSA) is 30.0 Å². The van der Waals surface area contributed by atoms with Crippen LogP contribution in [0, 0.1) is 13.8 Å². The van der Waals surface area contributed by atoms with Gasteiger partial charge in [-0.2, -0.15) is 0 Å². The minimum Gasteiger partial charge on any atom is -0.287 e. The molecule has 0 saturated carbocycles. The first-order valence-corrected chi connectivity index (χ1v) is 6.20. The molecule has 0 saturated heterocycles. The molecule has 0 fully saturated rings. The van der Waals surface area contributed by atoms with Crippen LogP contribution in [-0.4, -0.2) is 10.8 Å². The first-order valence-electron chi connectivity index (χ1n) is 6.20. The molecular weight excluding hydrogens is 222 g/mol. The molecule has 0 unspecified atom stereocenters. The monoisotopic (exact) mass is 239 g/mol. The molecule has 2 aromatic rings. The van der Waals surface area contributed by atoms with E-state index in [2.05, 4.69) is 4.98 Å². The zero-order valence-electron chi connectivity index (χ0n) is 11.0. The number of nitrogens with zero attached hydrogens (tertiary/aromatic N) is 1. The van der Waals surface area contributed by atoms with Gasteiger partial charge in [0, 0.05) is 11.8 Å². The Morgan fingerprint density at radius 3 is 2.67 bits per heavy atom. The lowest BCUT2D eigenvalue weighted by Gasteiger charge is -2.09. The van der Waals surface area contributed by atoms with Crippen molar-refractivity contribution in [2.24, 2.45) is 0 Å². The third-order valence-electron chi connectivity index (χ3n) is 3.34. The third kappa shape index (κ3) is 2.19. The molecule has 2 heteroatoms. The molecule has 0 radical (unpaired) electrons. The van der Waals surface area contributed by atoms with Crippen LogP contribution < -0.4 is 0 Å². The van der Waals surface area contributed by atoms with Gasteiger partial charge in [0.1, 0.15) is 5.69 Å². The van der Waals surface area contributed by atoms with Crippen molar-refractivity contribution in [1.82, 2.24) is 4.98 Å². The number of ketones is 1. The molecule has 2 nitrogen and oxygen atoms in total. The summed E-state index contributed by atoms with van der Waals surface area (Å²) < 4.78 is 0. The van der Waals surface area contributed by atoms with Crippen LogP contribution in [0.5, 0.6) is 0 Å². The largest absolute Gasteiger partial charge is 0.287 e. The fraction of sp³-hybridized carbons (Fsp3) is 0.250. The van der Waals surface area contributed by atoms with Crippen molar-refractivity contribution < 1.29 is 4.79 Å². The predicted octanol–water partition coefficient (Wildman–Crippen LogP) is 3.49. The average Bonchev–Trinajstić information content (AvgIpc) is 2.41. The van der Waals surface area contributed by atoms with Gasteiger partial charge in [0.15, 0.2) is 0 Å². The van der Waals surface area contributed by atoms with E-state index in [1.165, 1.54) is 0 Å². The molecule has 0 aliphatic heterocycles. The summed E-state index contributed by atoms with van der Waals surface area (Å²) in [7, 11) is 0. The molecule has 0 atom stereocenters. The van der Waals surface area contributed by atoms with Gasteiger partial charge in [0.25, 0.3) is 0 Å². The van der Waals surface area contributed by atoms with Crippen LogP contribution in [0.4, 0.5) is 0 Å². The molecule has 92 valence electrons. The highest BCUT2D eigenvalue weighted by Crippen LogP contribution is 2.18. The van der Waals surface area contributed by atoms with Crippen molar-refractivity contribution in [2.75, 3.05) is 0 Å². The summed E-state index contributed by atoms with van der Waals surface area (Å²) in [5, 5.41) is 0. The van der Waals surface area contributed by atoms with Crippen LogP contribution in [0.2, 0.25) is 0 Å². The fourth-order valence-electron chi connectivity index (χ4n) is 2.05. The molecule has 0 N–H and O–H groups in total. The van der Waals surface area contributed by atoms with Gasteiger partial charge in [-0.3, -0.25) is 9.78 Å². The zero-order valence-corrected chi connectivity index (χ0v) is 11.0. The molecule has 0 bridgehead atoms. The molecule has 0 amide bonds. The van der Waals surface area contributed by atoms with E-state index in [1.807, 2.05) is 51.1 Å². The van der Waals surface area contributed by atoms with Crippen LogP contribution in [0.25, 0.3) is 0 Å². The highest BCUT2D eigenvalue weighted by molar-refractivity contribution is 6.09. The number of hydrogen-bond donors (Lipinski definition) is 0. The van der Waals surface area contributed by atoms with Crippen molar-refractivity contribution in [3.63, 3.8) is 0 Å². The maximum atomic E-state index is 12.5. The predicted molar refractivity (Wildman–Crippen MR) is 73.0 cm³/mol. The standard InChI is InChI=1S/C16H17NO/c1-4-13-8-6-10-17-15(13)16(18)14-9-5-7-11(2)12(14)3/h5-10H,4H2,1-3H3. The number of pyridine rings is 1. The first kappa shape index (κ1) is 12.5. The molecule has 18 heavy (non-hydrogen) atoms. The second-order valence-corrected chi connectivity index (χ2v) is 4.44. The Morgan fingerprint density at radius 1 is 1.17 bits per heavy atom. The van der Waals surface area contributed by atoms with Crippen molar-refractivity contribution in [1.29, 1.82) is 0 Å². The van der Waals surface area contributed by atoms with Crippen LogP contribution in [0.15, 0.2) is 36.5 Å². The van der Waals surface area contributed by atoms with Crippen LogP contribution in [-0.2, 0) is 6.42 Å². The summed E-state index contributed by atoms with van der Waals surface area (Å²) in [6.07, 6.45) is 2.50. The van der Waals surface area contributed by atoms with Gasteiger partial charge < -0.3 is 0 Å². The smallest absolute Gasteiger partial charge is 0.211 e. The van der Waals surface area contributed by atoms with E-state index in [0.717, 1.165) is 28.7 Å². The van der Waals surface area contributed by atoms with Crippen molar-refractivity contribution >= 4 is 5.78 Å². The van der Waals surface area contributed by atoms with Crippen LogP contribution in [0.3, 0.4) is 0 Å². The molecule has 0 aliphatic rings. The van der Waals surface area contributed by atoms with Crippen molar-refractivity contribution in [2.45, 2.75) is 27.2 Å². The summed E-state index contributed by atoms with van der Waals surface area (Å²) in [5.41, 5.74) is 4.51. The van der Waals surface area contributed by atoms with Crippen molar-refractivity contribution in [3.8, 4) is 0 Å². The third-order valence-corrected chi connectivity index (χ3v) is 3.34. The van der Waals surface area contributed by atoms with Gasteiger partial charge in [-0.1, -0.05) is 31.2 Å². The van der Waals surface area contributed by atoms with Gasteiger partial charge in [-0.25, -0.2) is 0 Å². The summed E-state index contributed by atoms with van der Waals surface area (Å²) in [6, 6.07) is 9.65. The lowest BCUT2D eigenvalue weighted by Crippen LogP contribution is -2.09. The Kier molecular flexibility index (Phi) is 3.56. The van der Waals surface area contributed by atoms with E-state index in [9.17, 15) is 4.79 Å². The number of benzene rings is 1. The number of aromatic nitrogens is 1. The van der Waals surface area contributed by atoms with E-state index in [-0.39, 0.29) is 5.78 Å². The Hall–Kier alpha value is -1.96. The number of aryl methyl sites for hydroxylation is 2. The number of carbonyl (C=O) groups is 1. The van der Waals surface area contributed by atoms with E-state index < -0.39 is 0 Å². The molecule has 1 aromatic carbocycles. The Balaban J connectivity index is 2.52. The van der Waals surface area contributed by atoms with Gasteiger partial charge >= 0.3 is 0 Å². The van der Waals surface area contributed by atoms with E-state index in [0.29, 0.717) is 5.69 Å². The number of rotatable bonds is 3. The minimum atomic E-state index is 0.0219. The van der Waals surface area contributed by atoms with E-state index >= 15 is 0 Å². The molecule has 0 aliphatic carbocycles. The highest BCUT2D eigenvalue weighted by atomic mass is 16.1. The number of hydrogen-bond acceptors (Lipinski definition) is 2. The van der Waals surface area contributed by atoms with E-state index in [4.69, 9.17) is 0 Å². The quantitative estimate of drug-likeness (QED) is 0.767. The Bertz CT molecular complexity index is 587. The SMILES string of the molecule is CCc1cccnc1C(=O)c1cccc(C)c1C. The van der Waals surface area contributed by atoms with Crippen molar-refractivity contribution in [3.05, 3.63) is 64.5 Å². The van der Waals surface area contributed by atoms with Gasteiger partial charge in [-0.05, 0) is 43.0 Å². The minimum absolute atomic E-state index is 0.0219. The molecule has 1 aromatic heterocycles. The summed E-state index contributed by atoms with van der Waals surface area (Å²) in [5.74, 6) is 0.0219. The van der Waals surface area contributed by atoms with Gasteiger partial charge in [0.05, 0.1) is 0 Å². The summed E-state index contributed by atoms with van der Waals surface area (Å²) in [6.45, 7) is 6.04. The maximum absolute atomic E-state index is 12.5. The second kappa shape index (κ2) is 5.13. The Morgan fingerprint density at radius 2 is 1.94 bits per heavy atom. The molecule has 0 spiro atoms. The van der Waals surface area contributed by atoms with Crippen LogP contribution >= 0.6 is 0 Å². The maximum Gasteiger partial charge on any atom is 0.211 e. The first-order chi connectivity index (χ1) is 8.65.